The molecule has 0 unspecified atom stereocenters. The summed E-state index contributed by atoms with van der Waals surface area (Å²) in [6, 6.07) is 7.02. The van der Waals surface area contributed by atoms with E-state index in [1.54, 1.807) is 0 Å². The summed E-state index contributed by atoms with van der Waals surface area (Å²) in [5.41, 5.74) is 1.70. The molecule has 4 rings (SSSR count). The highest BCUT2D eigenvalue weighted by atomic mass is 32.1. The summed E-state index contributed by atoms with van der Waals surface area (Å²) in [6.07, 6.45) is 0.636. The Bertz CT molecular complexity index is 1250. The summed E-state index contributed by atoms with van der Waals surface area (Å²) < 4.78 is 6.31. The van der Waals surface area contributed by atoms with Gasteiger partial charge in [0.05, 0.1) is 44.9 Å². The second-order valence-corrected chi connectivity index (χ2v) is 9.45. The van der Waals surface area contributed by atoms with Crippen LogP contribution in [-0.4, -0.2) is 65.0 Å². The van der Waals surface area contributed by atoms with Crippen molar-refractivity contribution in [2.45, 2.75) is 20.3 Å². The Labute approximate surface area is 205 Å². The fourth-order valence-corrected chi connectivity index (χ4v) is 5.29. The lowest BCUT2D eigenvalue weighted by atomic mass is 10.1. The van der Waals surface area contributed by atoms with Gasteiger partial charge in [-0.1, -0.05) is 17.4 Å². The summed E-state index contributed by atoms with van der Waals surface area (Å²) in [4.78, 5) is 43.3. The maximum atomic E-state index is 13.6. The quantitative estimate of drug-likeness (QED) is 0.334. The van der Waals surface area contributed by atoms with Crippen LogP contribution in [0.25, 0.3) is 10.2 Å². The SMILES string of the molecule is Cc1cc(C)c2nc(N(CCCN3CCOCC3)C(=O)c3cc([N+](=O)[O-])cc([N+](=O)[O-])c3)sc2c1. The van der Waals surface area contributed by atoms with Crippen molar-refractivity contribution in [1.82, 2.24) is 9.88 Å². The molecule has 0 atom stereocenters. The van der Waals surface area contributed by atoms with Gasteiger partial charge in [-0.3, -0.25) is 34.8 Å². The lowest BCUT2D eigenvalue weighted by Gasteiger charge is -2.27. The van der Waals surface area contributed by atoms with Crippen LogP contribution in [0.15, 0.2) is 30.3 Å². The van der Waals surface area contributed by atoms with Crippen molar-refractivity contribution in [2.24, 2.45) is 0 Å². The Balaban J connectivity index is 1.69. The lowest BCUT2D eigenvalue weighted by Crippen LogP contribution is -2.39. The summed E-state index contributed by atoms with van der Waals surface area (Å²) in [5.74, 6) is -0.563. The van der Waals surface area contributed by atoms with Crippen LogP contribution >= 0.6 is 11.3 Å². The number of thiazole rings is 1. The monoisotopic (exact) mass is 499 g/mol. The Morgan fingerprint density at radius 2 is 1.74 bits per heavy atom. The molecule has 0 radical (unpaired) electrons. The number of benzene rings is 2. The molecule has 35 heavy (non-hydrogen) atoms. The molecule has 2 heterocycles. The smallest absolute Gasteiger partial charge is 0.277 e. The van der Waals surface area contributed by atoms with Gasteiger partial charge in [-0.25, -0.2) is 4.98 Å². The van der Waals surface area contributed by atoms with Gasteiger partial charge in [0.1, 0.15) is 0 Å². The van der Waals surface area contributed by atoms with Crippen molar-refractivity contribution >= 4 is 44.0 Å². The lowest BCUT2D eigenvalue weighted by molar-refractivity contribution is -0.394. The van der Waals surface area contributed by atoms with Crippen LogP contribution in [0.4, 0.5) is 16.5 Å². The van der Waals surface area contributed by atoms with Crippen molar-refractivity contribution < 1.29 is 19.4 Å². The Morgan fingerprint density at radius 3 is 2.37 bits per heavy atom. The molecule has 1 aromatic heterocycles. The van der Waals surface area contributed by atoms with Gasteiger partial charge in [0.25, 0.3) is 17.3 Å². The minimum absolute atomic E-state index is 0.121. The predicted octanol–water partition coefficient (Wildman–Crippen LogP) is 4.10. The zero-order chi connectivity index (χ0) is 25.1. The zero-order valence-electron chi connectivity index (χ0n) is 19.4. The molecule has 1 saturated heterocycles. The van der Waals surface area contributed by atoms with E-state index in [9.17, 15) is 25.0 Å². The number of rotatable bonds is 8. The van der Waals surface area contributed by atoms with Crippen LogP contribution < -0.4 is 4.90 Å². The van der Waals surface area contributed by atoms with Crippen LogP contribution in [0.5, 0.6) is 0 Å². The molecule has 1 aliphatic rings. The highest BCUT2D eigenvalue weighted by molar-refractivity contribution is 7.22. The number of anilines is 1. The number of carbonyl (C=O) groups is 1. The molecule has 12 heteroatoms. The van der Waals surface area contributed by atoms with Crippen molar-refractivity contribution in [2.75, 3.05) is 44.3 Å². The minimum Gasteiger partial charge on any atom is -0.379 e. The van der Waals surface area contributed by atoms with E-state index in [2.05, 4.69) is 4.90 Å². The number of nitrogens with zero attached hydrogens (tertiary/aromatic N) is 5. The summed E-state index contributed by atoms with van der Waals surface area (Å²) in [5, 5.41) is 23.2. The number of amides is 1. The van der Waals surface area contributed by atoms with Gasteiger partial charge < -0.3 is 4.74 Å². The predicted molar refractivity (Wildman–Crippen MR) is 132 cm³/mol. The average molecular weight is 500 g/mol. The summed E-state index contributed by atoms with van der Waals surface area (Å²) in [7, 11) is 0. The third kappa shape index (κ3) is 5.61. The second kappa shape index (κ2) is 10.4. The first-order valence-electron chi connectivity index (χ1n) is 11.2. The first-order valence-corrected chi connectivity index (χ1v) is 12.0. The number of morpholine rings is 1. The largest absolute Gasteiger partial charge is 0.379 e. The van der Waals surface area contributed by atoms with Gasteiger partial charge in [-0.15, -0.1) is 0 Å². The minimum atomic E-state index is -0.740. The van der Waals surface area contributed by atoms with Crippen molar-refractivity contribution in [3.05, 3.63) is 67.3 Å². The molecule has 3 aromatic rings. The molecular weight excluding hydrogens is 474 g/mol. The number of carbonyl (C=O) groups excluding carboxylic acids is 1. The molecule has 0 N–H and O–H groups in total. The molecule has 1 amide bonds. The topological polar surface area (TPSA) is 132 Å². The molecule has 11 nitrogen and oxygen atoms in total. The van der Waals surface area contributed by atoms with E-state index < -0.39 is 27.1 Å². The van der Waals surface area contributed by atoms with E-state index >= 15 is 0 Å². The molecule has 2 aromatic carbocycles. The van der Waals surface area contributed by atoms with Crippen molar-refractivity contribution in [3.63, 3.8) is 0 Å². The van der Waals surface area contributed by atoms with Gasteiger partial charge >= 0.3 is 0 Å². The van der Waals surface area contributed by atoms with Crippen LogP contribution in [0.1, 0.15) is 27.9 Å². The normalized spacial score (nSPS) is 14.2. The number of hydrogen-bond donors (Lipinski definition) is 0. The van der Waals surface area contributed by atoms with E-state index in [1.807, 2.05) is 26.0 Å². The van der Waals surface area contributed by atoms with E-state index in [4.69, 9.17) is 9.72 Å². The number of aryl methyl sites for hydroxylation is 2. The van der Waals surface area contributed by atoms with Crippen molar-refractivity contribution in [3.8, 4) is 0 Å². The molecule has 0 spiro atoms. The molecule has 0 bridgehead atoms. The molecule has 0 saturated carbocycles. The number of fused-ring (bicyclic) bond motifs is 1. The van der Waals surface area contributed by atoms with Crippen LogP contribution in [0.3, 0.4) is 0 Å². The second-order valence-electron chi connectivity index (χ2n) is 8.44. The van der Waals surface area contributed by atoms with Crippen LogP contribution in [0.2, 0.25) is 0 Å². The molecule has 1 fully saturated rings. The molecular formula is C23H25N5O6S. The fraction of sp³-hybridized carbons (Fsp3) is 0.391. The van der Waals surface area contributed by atoms with Crippen LogP contribution in [0, 0.1) is 34.1 Å². The number of aromatic nitrogens is 1. The maximum Gasteiger partial charge on any atom is 0.277 e. The molecule has 0 aliphatic carbocycles. The van der Waals surface area contributed by atoms with Crippen molar-refractivity contribution in [1.29, 1.82) is 0 Å². The first-order chi connectivity index (χ1) is 16.7. The summed E-state index contributed by atoms with van der Waals surface area (Å²) in [6.45, 7) is 7.94. The van der Waals surface area contributed by atoms with Gasteiger partial charge in [0, 0.05) is 38.3 Å². The summed E-state index contributed by atoms with van der Waals surface area (Å²) >= 11 is 1.36. The number of nitro groups is 2. The standard InChI is InChI=1S/C23H25N5O6S/c1-15-10-16(2)21-20(11-15)35-23(24-21)26(5-3-4-25-6-8-34-9-7-25)22(29)17-12-18(27(30)31)14-19(13-17)28(32)33/h10-14H,3-9H2,1-2H3. The fourth-order valence-electron chi connectivity index (χ4n) is 4.12. The Hall–Kier alpha value is -3.48. The maximum absolute atomic E-state index is 13.6. The highest BCUT2D eigenvalue weighted by Gasteiger charge is 2.26. The number of nitro benzene ring substituents is 2. The van der Waals surface area contributed by atoms with Gasteiger partial charge in [0.2, 0.25) is 0 Å². The number of non-ortho nitro benzene ring substituents is 2. The van der Waals surface area contributed by atoms with Gasteiger partial charge in [-0.05, 0) is 37.5 Å². The zero-order valence-corrected chi connectivity index (χ0v) is 20.2. The Morgan fingerprint density at radius 1 is 1.09 bits per heavy atom. The van der Waals surface area contributed by atoms with Gasteiger partial charge in [-0.2, -0.15) is 0 Å². The molecule has 1 aliphatic heterocycles. The third-order valence-corrected chi connectivity index (χ3v) is 6.85. The highest BCUT2D eigenvalue weighted by Crippen LogP contribution is 2.33. The Kier molecular flexibility index (Phi) is 7.34. The number of hydrogen-bond acceptors (Lipinski definition) is 9. The van der Waals surface area contributed by atoms with E-state index in [0.29, 0.717) is 31.3 Å². The number of ether oxygens (including phenoxy) is 1. The van der Waals surface area contributed by atoms with E-state index in [1.165, 1.54) is 16.2 Å². The van der Waals surface area contributed by atoms with E-state index in [-0.39, 0.29) is 5.56 Å². The average Bonchev–Trinajstić information content (AvgIpc) is 3.25. The van der Waals surface area contributed by atoms with Gasteiger partial charge in [0.15, 0.2) is 5.13 Å². The third-order valence-electron chi connectivity index (χ3n) is 5.83. The van der Waals surface area contributed by atoms with Crippen LogP contribution in [-0.2, 0) is 4.74 Å². The first kappa shape index (κ1) is 24.6. The van der Waals surface area contributed by atoms with E-state index in [0.717, 1.165) is 59.2 Å². The molecule has 184 valence electrons.